The zero-order chi connectivity index (χ0) is 15.5. The van der Waals surface area contributed by atoms with Gasteiger partial charge in [0.15, 0.2) is 0 Å². The molecular weight excluding hydrogens is 294 g/mol. The Balaban J connectivity index is 1.72. The van der Waals surface area contributed by atoms with E-state index in [1.807, 2.05) is 0 Å². The second-order valence-corrected chi connectivity index (χ2v) is 7.73. The Hall–Kier alpha value is -0.700. The molecule has 1 aliphatic carbocycles. The average molecular weight is 319 g/mol. The Labute approximate surface area is 126 Å². The third-order valence-corrected chi connectivity index (χ3v) is 5.01. The van der Waals surface area contributed by atoms with Gasteiger partial charge in [-0.25, -0.2) is 13.1 Å². The molecule has 2 fully saturated rings. The van der Waals surface area contributed by atoms with Crippen LogP contribution in [0.5, 0.6) is 0 Å². The van der Waals surface area contributed by atoms with Gasteiger partial charge in [-0.3, -0.25) is 9.69 Å². The highest BCUT2D eigenvalue weighted by molar-refractivity contribution is 7.88. The zero-order valence-corrected chi connectivity index (χ0v) is 13.3. The lowest BCUT2D eigenvalue weighted by Gasteiger charge is -2.39. The Kier molecular flexibility index (Phi) is 5.59. The van der Waals surface area contributed by atoms with Crippen LogP contribution in [0.4, 0.5) is 0 Å². The molecule has 2 aliphatic rings. The lowest BCUT2D eigenvalue weighted by molar-refractivity contribution is -0.133. The van der Waals surface area contributed by atoms with Crippen molar-refractivity contribution in [2.75, 3.05) is 39.0 Å². The number of rotatable bonds is 5. The van der Waals surface area contributed by atoms with Crippen LogP contribution in [0.2, 0.25) is 0 Å². The van der Waals surface area contributed by atoms with Crippen molar-refractivity contribution >= 4 is 15.9 Å². The third kappa shape index (κ3) is 4.91. The number of amides is 1. The molecule has 122 valence electrons. The van der Waals surface area contributed by atoms with Crippen molar-refractivity contribution in [1.29, 1.82) is 0 Å². The van der Waals surface area contributed by atoms with Gasteiger partial charge in [0.05, 0.1) is 12.4 Å². The number of nitrogens with one attached hydrogen (secondary N) is 1. The second kappa shape index (κ2) is 7.04. The summed E-state index contributed by atoms with van der Waals surface area (Å²) in [6.07, 6.45) is 4.03. The van der Waals surface area contributed by atoms with Crippen molar-refractivity contribution in [3.05, 3.63) is 0 Å². The lowest BCUT2D eigenvalue weighted by Crippen LogP contribution is -2.53. The van der Waals surface area contributed by atoms with Gasteiger partial charge >= 0.3 is 0 Å². The first-order valence-corrected chi connectivity index (χ1v) is 9.40. The Morgan fingerprint density at radius 1 is 1.24 bits per heavy atom. The number of carbonyl (C=O) groups excluding carboxylic acids is 1. The Morgan fingerprint density at radius 3 is 2.43 bits per heavy atom. The maximum absolute atomic E-state index is 12.0. The largest absolute Gasteiger partial charge is 0.391 e. The second-order valence-electron chi connectivity index (χ2n) is 5.90. The van der Waals surface area contributed by atoms with Crippen LogP contribution >= 0.6 is 0 Å². The molecule has 2 N–H and O–H groups in total. The van der Waals surface area contributed by atoms with Gasteiger partial charge in [-0.2, -0.15) is 0 Å². The molecule has 0 aromatic heterocycles. The molecule has 21 heavy (non-hydrogen) atoms. The minimum absolute atomic E-state index is 0.0160. The van der Waals surface area contributed by atoms with Crippen LogP contribution in [0.1, 0.15) is 25.7 Å². The molecule has 1 saturated carbocycles. The van der Waals surface area contributed by atoms with Gasteiger partial charge in [-0.15, -0.1) is 0 Å². The lowest BCUT2D eigenvalue weighted by atomic mass is 10.1. The highest BCUT2D eigenvalue weighted by Gasteiger charge is 2.33. The van der Waals surface area contributed by atoms with Crippen LogP contribution in [0, 0.1) is 0 Å². The first-order chi connectivity index (χ1) is 9.87. The first kappa shape index (κ1) is 16.7. The number of aliphatic hydroxyl groups is 1. The smallest absolute Gasteiger partial charge is 0.223 e. The van der Waals surface area contributed by atoms with E-state index in [9.17, 15) is 18.3 Å². The fourth-order valence-corrected chi connectivity index (χ4v) is 3.62. The summed E-state index contributed by atoms with van der Waals surface area (Å²) < 4.78 is 24.2. The number of hydrogen-bond donors (Lipinski definition) is 2. The molecule has 8 heteroatoms. The van der Waals surface area contributed by atoms with Crippen LogP contribution in [0.3, 0.4) is 0 Å². The van der Waals surface area contributed by atoms with E-state index >= 15 is 0 Å². The van der Waals surface area contributed by atoms with Crippen molar-refractivity contribution in [2.45, 2.75) is 37.8 Å². The van der Waals surface area contributed by atoms with E-state index in [0.29, 0.717) is 13.1 Å². The highest BCUT2D eigenvalue weighted by Crippen LogP contribution is 2.25. The summed E-state index contributed by atoms with van der Waals surface area (Å²) in [5, 5.41) is 9.92. The summed E-state index contributed by atoms with van der Waals surface area (Å²) >= 11 is 0. The maximum Gasteiger partial charge on any atom is 0.223 e. The van der Waals surface area contributed by atoms with Crippen LogP contribution in [-0.2, 0) is 14.8 Å². The molecule has 1 aliphatic heterocycles. The monoisotopic (exact) mass is 319 g/mol. The Morgan fingerprint density at radius 2 is 1.90 bits per heavy atom. The molecular formula is C13H25N3O4S. The normalized spacial score (nSPS) is 28.0. The molecule has 2 atom stereocenters. The van der Waals surface area contributed by atoms with E-state index in [2.05, 4.69) is 9.62 Å². The molecule has 1 amide bonds. The van der Waals surface area contributed by atoms with Crippen molar-refractivity contribution in [3.8, 4) is 0 Å². The molecule has 0 bridgehead atoms. The molecule has 2 rings (SSSR count). The van der Waals surface area contributed by atoms with Crippen LogP contribution in [0.15, 0.2) is 0 Å². The van der Waals surface area contributed by atoms with E-state index in [4.69, 9.17) is 0 Å². The van der Waals surface area contributed by atoms with Crippen molar-refractivity contribution in [3.63, 3.8) is 0 Å². The van der Waals surface area contributed by atoms with Crippen LogP contribution in [-0.4, -0.2) is 80.4 Å². The van der Waals surface area contributed by atoms with Gasteiger partial charge in [0.25, 0.3) is 0 Å². The van der Waals surface area contributed by atoms with Gasteiger partial charge in [0.1, 0.15) is 0 Å². The number of aliphatic hydroxyl groups excluding tert-OH is 1. The zero-order valence-electron chi connectivity index (χ0n) is 12.5. The molecule has 1 saturated heterocycles. The molecule has 0 aromatic carbocycles. The number of nitrogens with zero attached hydrogens (tertiary/aromatic N) is 2. The van der Waals surface area contributed by atoms with Gasteiger partial charge < -0.3 is 10.0 Å². The van der Waals surface area contributed by atoms with E-state index < -0.39 is 10.0 Å². The number of piperazine rings is 1. The first-order valence-electron chi connectivity index (χ1n) is 7.51. The fourth-order valence-electron chi connectivity index (χ4n) is 3.15. The summed E-state index contributed by atoms with van der Waals surface area (Å²) in [6.45, 7) is 3.03. The van der Waals surface area contributed by atoms with Crippen LogP contribution in [0.25, 0.3) is 0 Å². The van der Waals surface area contributed by atoms with E-state index in [1.54, 1.807) is 4.90 Å². The molecule has 0 spiro atoms. The van der Waals surface area contributed by atoms with Crippen molar-refractivity contribution in [2.24, 2.45) is 0 Å². The van der Waals surface area contributed by atoms with E-state index in [1.165, 1.54) is 0 Å². The van der Waals surface area contributed by atoms with E-state index in [0.717, 1.165) is 38.6 Å². The summed E-state index contributed by atoms with van der Waals surface area (Å²) in [6, 6.07) is 0.245. The molecule has 0 aromatic rings. The molecule has 0 unspecified atom stereocenters. The number of sulfonamides is 1. The minimum atomic E-state index is -3.23. The average Bonchev–Trinajstić information content (AvgIpc) is 2.83. The molecule has 1 heterocycles. The standard InChI is InChI=1S/C13H25N3O4S/c1-21(19,20)14-6-5-13(18)16-9-7-15(8-10-16)11-3-2-4-12(11)17/h11-12,14,17H,2-10H2,1H3/t11-,12+/m1/s1. The van der Waals surface area contributed by atoms with Crippen molar-refractivity contribution in [1.82, 2.24) is 14.5 Å². The quantitative estimate of drug-likeness (QED) is 0.677. The predicted molar refractivity (Wildman–Crippen MR) is 79.3 cm³/mol. The summed E-state index contributed by atoms with van der Waals surface area (Å²) in [5.74, 6) is -0.0160. The predicted octanol–water partition coefficient (Wildman–Crippen LogP) is -1.02. The minimum Gasteiger partial charge on any atom is -0.391 e. The highest BCUT2D eigenvalue weighted by atomic mass is 32.2. The summed E-state index contributed by atoms with van der Waals surface area (Å²) in [5.41, 5.74) is 0. The number of hydrogen-bond acceptors (Lipinski definition) is 5. The van der Waals surface area contributed by atoms with Crippen molar-refractivity contribution < 1.29 is 18.3 Å². The molecule has 7 nitrogen and oxygen atoms in total. The fraction of sp³-hybridized carbons (Fsp3) is 0.923. The topological polar surface area (TPSA) is 90.0 Å². The van der Waals surface area contributed by atoms with Crippen LogP contribution < -0.4 is 4.72 Å². The van der Waals surface area contributed by atoms with Gasteiger partial charge in [0, 0.05) is 45.2 Å². The van der Waals surface area contributed by atoms with Gasteiger partial charge in [0.2, 0.25) is 15.9 Å². The van der Waals surface area contributed by atoms with Gasteiger partial charge in [-0.1, -0.05) is 0 Å². The van der Waals surface area contributed by atoms with E-state index in [-0.39, 0.29) is 31.0 Å². The SMILES string of the molecule is CS(=O)(=O)NCCC(=O)N1CCN([C@@H]2CCC[C@@H]2O)CC1. The maximum atomic E-state index is 12.0. The Bertz CT molecular complexity index is 460. The third-order valence-electron chi connectivity index (χ3n) is 4.28. The molecule has 0 radical (unpaired) electrons. The summed E-state index contributed by atoms with van der Waals surface area (Å²) in [7, 11) is -3.23. The van der Waals surface area contributed by atoms with Gasteiger partial charge in [-0.05, 0) is 19.3 Å². The number of carbonyl (C=O) groups is 1. The summed E-state index contributed by atoms with van der Waals surface area (Å²) in [4.78, 5) is 16.1.